The first-order valence-electron chi connectivity index (χ1n) is 20.1. The minimum Gasteiger partial charge on any atom is -0.387 e. The predicted molar refractivity (Wildman–Crippen MR) is 208 cm³/mol. The van der Waals surface area contributed by atoms with Crippen molar-refractivity contribution in [2.45, 2.75) is 193 Å². The maximum absolute atomic E-state index is 12.7. The van der Waals surface area contributed by atoms with Crippen LogP contribution in [0.3, 0.4) is 0 Å². The molecule has 0 aliphatic carbocycles. The van der Waals surface area contributed by atoms with Gasteiger partial charge in [0.25, 0.3) is 0 Å². The standard InChI is InChI=1S/C40H77N2O6P/c1-3-5-7-9-11-13-15-17-18-19-20-21-22-23-25-27-29-31-33-39(43)38(37-48-49(45,46)47-36-35-41)42-40(44)34-32-30-28-26-24-16-14-12-10-8-6-4-2/h19-20,23,25,31,33,38-39,43H,3-18,21-22,24,26-30,32,34-37,41H2,1-2H3,(H,42,44)(H,45,46)/b20-19+,25-23+,33-31+. The molecule has 3 unspecified atom stereocenters. The third-order valence-electron chi connectivity index (χ3n) is 8.70. The molecule has 0 aromatic heterocycles. The topological polar surface area (TPSA) is 131 Å². The Labute approximate surface area is 301 Å². The molecule has 0 bridgehead atoms. The highest BCUT2D eigenvalue weighted by Crippen LogP contribution is 2.43. The summed E-state index contributed by atoms with van der Waals surface area (Å²) in [5, 5.41) is 13.6. The van der Waals surface area contributed by atoms with E-state index in [9.17, 15) is 19.4 Å². The monoisotopic (exact) mass is 713 g/mol. The molecule has 8 nitrogen and oxygen atoms in total. The lowest BCUT2D eigenvalue weighted by molar-refractivity contribution is -0.123. The third kappa shape index (κ3) is 34.9. The van der Waals surface area contributed by atoms with Crippen LogP contribution in [0.25, 0.3) is 0 Å². The van der Waals surface area contributed by atoms with Crippen LogP contribution < -0.4 is 11.1 Å². The second kappa shape index (κ2) is 36.5. The predicted octanol–water partition coefficient (Wildman–Crippen LogP) is 10.8. The molecule has 0 saturated heterocycles. The van der Waals surface area contributed by atoms with Gasteiger partial charge in [-0.15, -0.1) is 0 Å². The first-order chi connectivity index (χ1) is 23.9. The quantitative estimate of drug-likeness (QED) is 0.0286. The number of unbranched alkanes of at least 4 members (excludes halogenated alkanes) is 21. The van der Waals surface area contributed by atoms with Gasteiger partial charge < -0.3 is 21.1 Å². The lowest BCUT2D eigenvalue weighted by Gasteiger charge is -2.23. The van der Waals surface area contributed by atoms with Gasteiger partial charge in [-0.2, -0.15) is 0 Å². The molecule has 0 aromatic rings. The third-order valence-corrected chi connectivity index (χ3v) is 9.68. The minimum absolute atomic E-state index is 0.0724. The zero-order chi connectivity index (χ0) is 36.1. The molecule has 0 radical (unpaired) electrons. The molecule has 0 aliphatic heterocycles. The maximum atomic E-state index is 12.7. The molecule has 0 saturated carbocycles. The lowest BCUT2D eigenvalue weighted by atomic mass is 10.0. The highest BCUT2D eigenvalue weighted by atomic mass is 31.2. The van der Waals surface area contributed by atoms with Gasteiger partial charge in [0, 0.05) is 13.0 Å². The molecule has 9 heteroatoms. The average molecular weight is 713 g/mol. The van der Waals surface area contributed by atoms with Crippen LogP contribution in [0.5, 0.6) is 0 Å². The number of aliphatic hydroxyl groups excluding tert-OH is 1. The Morgan fingerprint density at radius 1 is 0.653 bits per heavy atom. The molecule has 1 amide bonds. The fourth-order valence-corrected chi connectivity index (χ4v) is 6.39. The van der Waals surface area contributed by atoms with E-state index in [1.165, 1.54) is 116 Å². The van der Waals surface area contributed by atoms with Crippen LogP contribution in [0, 0.1) is 0 Å². The fraction of sp³-hybridized carbons (Fsp3) is 0.825. The normalized spacial score (nSPS) is 14.6. The van der Waals surface area contributed by atoms with Crippen LogP contribution in [0.2, 0.25) is 0 Å². The van der Waals surface area contributed by atoms with Crippen LogP contribution in [-0.2, 0) is 18.4 Å². The van der Waals surface area contributed by atoms with Crippen molar-refractivity contribution in [3.63, 3.8) is 0 Å². The second-order valence-electron chi connectivity index (χ2n) is 13.5. The van der Waals surface area contributed by atoms with E-state index in [-0.39, 0.29) is 25.7 Å². The first kappa shape index (κ1) is 47.7. The van der Waals surface area contributed by atoms with Crippen LogP contribution in [0.15, 0.2) is 36.5 Å². The van der Waals surface area contributed by atoms with E-state index in [2.05, 4.69) is 43.5 Å². The summed E-state index contributed by atoms with van der Waals surface area (Å²) in [7, 11) is -4.34. The average Bonchev–Trinajstić information content (AvgIpc) is 3.09. The summed E-state index contributed by atoms with van der Waals surface area (Å²) in [6.45, 7) is 4.09. The van der Waals surface area contributed by atoms with Crippen molar-refractivity contribution >= 4 is 13.7 Å². The van der Waals surface area contributed by atoms with Crippen molar-refractivity contribution in [2.75, 3.05) is 19.8 Å². The zero-order valence-corrected chi connectivity index (χ0v) is 32.6. The molecule has 3 atom stereocenters. The Morgan fingerprint density at radius 3 is 1.57 bits per heavy atom. The second-order valence-corrected chi connectivity index (χ2v) is 14.9. The van der Waals surface area contributed by atoms with Crippen molar-refractivity contribution in [3.05, 3.63) is 36.5 Å². The van der Waals surface area contributed by atoms with Gasteiger partial charge in [-0.3, -0.25) is 13.8 Å². The number of hydrogen-bond donors (Lipinski definition) is 4. The number of nitrogens with one attached hydrogen (secondary N) is 1. The molecule has 0 aromatic carbocycles. The summed E-state index contributed by atoms with van der Waals surface area (Å²) in [4.78, 5) is 22.6. The number of carbonyl (C=O) groups excluding carboxylic acids is 1. The minimum atomic E-state index is -4.34. The van der Waals surface area contributed by atoms with E-state index >= 15 is 0 Å². The van der Waals surface area contributed by atoms with Gasteiger partial charge in [-0.05, 0) is 44.9 Å². The van der Waals surface area contributed by atoms with Crippen molar-refractivity contribution < 1.29 is 28.4 Å². The first-order valence-corrected chi connectivity index (χ1v) is 21.6. The van der Waals surface area contributed by atoms with Crippen molar-refractivity contribution in [1.29, 1.82) is 0 Å². The van der Waals surface area contributed by atoms with Crippen LogP contribution in [0.1, 0.15) is 181 Å². The van der Waals surface area contributed by atoms with Gasteiger partial charge in [-0.1, -0.05) is 166 Å². The number of aliphatic hydroxyl groups is 1. The fourth-order valence-electron chi connectivity index (χ4n) is 5.63. The summed E-state index contributed by atoms with van der Waals surface area (Å²) in [5.74, 6) is -0.210. The smallest absolute Gasteiger partial charge is 0.387 e. The number of carbonyl (C=O) groups is 1. The summed E-state index contributed by atoms with van der Waals surface area (Å²) in [6.07, 6.45) is 41.9. The van der Waals surface area contributed by atoms with Gasteiger partial charge in [-0.25, -0.2) is 4.57 Å². The van der Waals surface area contributed by atoms with E-state index in [0.29, 0.717) is 6.42 Å². The highest BCUT2D eigenvalue weighted by molar-refractivity contribution is 7.47. The molecule has 0 aliphatic rings. The van der Waals surface area contributed by atoms with Crippen LogP contribution in [-0.4, -0.2) is 47.8 Å². The molecule has 5 N–H and O–H groups in total. The van der Waals surface area contributed by atoms with E-state index < -0.39 is 20.0 Å². The zero-order valence-electron chi connectivity index (χ0n) is 31.7. The number of phosphoric ester groups is 1. The van der Waals surface area contributed by atoms with Crippen LogP contribution >= 0.6 is 7.82 Å². The highest BCUT2D eigenvalue weighted by Gasteiger charge is 2.26. The number of rotatable bonds is 37. The SMILES string of the molecule is CCCCCCCCCC/C=C/CC/C=C/CC/C=C/C(O)C(COP(=O)(O)OCCN)NC(=O)CCCCCCCCCCCCCC. The number of phosphoric acid groups is 1. The number of hydrogen-bond acceptors (Lipinski definition) is 6. The van der Waals surface area contributed by atoms with E-state index in [1.54, 1.807) is 6.08 Å². The van der Waals surface area contributed by atoms with E-state index in [1.807, 2.05) is 6.08 Å². The Hall–Kier alpha value is -1.28. The summed E-state index contributed by atoms with van der Waals surface area (Å²) < 4.78 is 22.0. The Bertz CT molecular complexity index is 866. The van der Waals surface area contributed by atoms with Crippen molar-refractivity contribution in [1.82, 2.24) is 5.32 Å². The van der Waals surface area contributed by atoms with Gasteiger partial charge in [0.1, 0.15) is 0 Å². The molecule has 49 heavy (non-hydrogen) atoms. The number of amides is 1. The largest absolute Gasteiger partial charge is 0.472 e. The molecule has 0 spiro atoms. The molecule has 0 rings (SSSR count). The van der Waals surface area contributed by atoms with Gasteiger partial charge >= 0.3 is 7.82 Å². The maximum Gasteiger partial charge on any atom is 0.472 e. The lowest BCUT2D eigenvalue weighted by Crippen LogP contribution is -2.45. The summed E-state index contributed by atoms with van der Waals surface area (Å²) in [5.41, 5.74) is 5.36. The Kier molecular flexibility index (Phi) is 35.6. The van der Waals surface area contributed by atoms with Crippen molar-refractivity contribution in [3.8, 4) is 0 Å². The number of allylic oxidation sites excluding steroid dienone is 5. The van der Waals surface area contributed by atoms with E-state index in [4.69, 9.17) is 14.8 Å². The molecule has 0 heterocycles. The summed E-state index contributed by atoms with van der Waals surface area (Å²) in [6, 6.07) is -0.879. The molecular weight excluding hydrogens is 635 g/mol. The van der Waals surface area contributed by atoms with Gasteiger partial charge in [0.05, 0.1) is 25.4 Å². The van der Waals surface area contributed by atoms with Gasteiger partial charge in [0.15, 0.2) is 0 Å². The summed E-state index contributed by atoms with van der Waals surface area (Å²) >= 11 is 0. The Balaban J connectivity index is 4.35. The Morgan fingerprint density at radius 2 is 1.08 bits per heavy atom. The van der Waals surface area contributed by atoms with Gasteiger partial charge in [0.2, 0.25) is 5.91 Å². The molecule has 0 fully saturated rings. The molecular formula is C40H77N2O6P. The molecule has 288 valence electrons. The van der Waals surface area contributed by atoms with Crippen molar-refractivity contribution in [2.24, 2.45) is 5.73 Å². The number of nitrogens with two attached hydrogens (primary N) is 1. The van der Waals surface area contributed by atoms with Crippen LogP contribution in [0.4, 0.5) is 0 Å². The van der Waals surface area contributed by atoms with E-state index in [0.717, 1.165) is 44.9 Å².